The van der Waals surface area contributed by atoms with Crippen molar-refractivity contribution in [3.05, 3.63) is 6.33 Å². The number of aromatic nitrogens is 4. The smallest absolute Gasteiger partial charge is 0.244 e. The van der Waals surface area contributed by atoms with Gasteiger partial charge in [-0.25, -0.2) is 5.01 Å². The van der Waals surface area contributed by atoms with E-state index < -0.39 is 0 Å². The summed E-state index contributed by atoms with van der Waals surface area (Å²) in [7, 11) is 0. The number of nitrogens with zero attached hydrogens (tertiary/aromatic N) is 5. The van der Waals surface area contributed by atoms with Crippen molar-refractivity contribution in [3.63, 3.8) is 0 Å². The van der Waals surface area contributed by atoms with E-state index in [1.54, 1.807) is 0 Å². The van der Waals surface area contributed by atoms with Crippen molar-refractivity contribution in [1.29, 1.82) is 0 Å². The van der Waals surface area contributed by atoms with E-state index in [9.17, 15) is 4.79 Å². The van der Waals surface area contributed by atoms with E-state index in [4.69, 9.17) is 0 Å². The van der Waals surface area contributed by atoms with Gasteiger partial charge in [-0.2, -0.15) is 0 Å². The lowest BCUT2D eigenvalue weighted by molar-refractivity contribution is -0.124. The lowest BCUT2D eigenvalue weighted by Crippen LogP contribution is -2.51. The van der Waals surface area contributed by atoms with Crippen molar-refractivity contribution >= 4 is 5.91 Å². The second kappa shape index (κ2) is 1.76. The number of rotatable bonds is 1. The molecule has 1 fully saturated rings. The Morgan fingerprint density at radius 3 is 2.90 bits per heavy atom. The molecule has 52 valence electrons. The van der Waals surface area contributed by atoms with Crippen LogP contribution in [-0.2, 0) is 4.79 Å². The summed E-state index contributed by atoms with van der Waals surface area (Å²) in [5, 5.41) is 11.8. The van der Waals surface area contributed by atoms with Crippen molar-refractivity contribution in [3.8, 4) is 0 Å². The van der Waals surface area contributed by atoms with Gasteiger partial charge in [-0.3, -0.25) is 4.79 Å². The number of hydrogen-bond donors (Lipinski definition) is 0. The topological polar surface area (TPSA) is 63.9 Å². The third-order valence-corrected chi connectivity index (χ3v) is 1.41. The van der Waals surface area contributed by atoms with Crippen LogP contribution in [0.4, 0.5) is 0 Å². The van der Waals surface area contributed by atoms with E-state index in [1.165, 1.54) is 16.1 Å². The van der Waals surface area contributed by atoms with Crippen molar-refractivity contribution in [2.24, 2.45) is 0 Å². The SMILES string of the molecule is O=C1CCN1n1cnnn1. The molecule has 1 aromatic rings. The Morgan fingerprint density at radius 2 is 2.50 bits per heavy atom. The maximum Gasteiger partial charge on any atom is 0.244 e. The number of β-lactam (4-membered cyclic amide) rings is 1. The molecule has 0 bridgehead atoms. The third-order valence-electron chi connectivity index (χ3n) is 1.41. The minimum atomic E-state index is 0.0623. The summed E-state index contributed by atoms with van der Waals surface area (Å²) < 4.78 is 0. The van der Waals surface area contributed by atoms with Gasteiger partial charge in [0.25, 0.3) is 0 Å². The van der Waals surface area contributed by atoms with E-state index >= 15 is 0 Å². The molecule has 0 radical (unpaired) electrons. The first-order valence-corrected chi connectivity index (χ1v) is 2.91. The maximum atomic E-state index is 10.7. The number of tetrazole rings is 1. The van der Waals surface area contributed by atoms with Gasteiger partial charge in [-0.15, -0.1) is 9.89 Å². The van der Waals surface area contributed by atoms with Gasteiger partial charge in [0.1, 0.15) is 0 Å². The van der Waals surface area contributed by atoms with Crippen LogP contribution in [0.2, 0.25) is 0 Å². The molecule has 0 saturated carbocycles. The van der Waals surface area contributed by atoms with E-state index in [2.05, 4.69) is 15.5 Å². The molecule has 0 unspecified atom stereocenters. The van der Waals surface area contributed by atoms with Gasteiger partial charge in [-0.05, 0) is 10.4 Å². The Morgan fingerprint density at radius 1 is 1.60 bits per heavy atom. The number of carbonyl (C=O) groups excluding carboxylic acids is 1. The Labute approximate surface area is 56.4 Å². The molecule has 6 nitrogen and oxygen atoms in total. The Kier molecular flexibility index (Phi) is 0.938. The fourth-order valence-corrected chi connectivity index (χ4v) is 0.787. The molecular formula is C4H5N5O. The first-order chi connectivity index (χ1) is 4.88. The predicted octanol–water partition coefficient (Wildman–Crippen LogP) is -1.46. The van der Waals surface area contributed by atoms with Crippen molar-refractivity contribution in [1.82, 2.24) is 20.3 Å². The van der Waals surface area contributed by atoms with Crippen molar-refractivity contribution < 1.29 is 4.79 Å². The van der Waals surface area contributed by atoms with Crippen LogP contribution in [-0.4, -0.2) is 32.8 Å². The second-order valence-electron chi connectivity index (χ2n) is 2.00. The van der Waals surface area contributed by atoms with E-state index in [0.29, 0.717) is 13.0 Å². The van der Waals surface area contributed by atoms with Crippen molar-refractivity contribution in [2.45, 2.75) is 6.42 Å². The molecule has 0 aromatic carbocycles. The zero-order chi connectivity index (χ0) is 6.97. The fourth-order valence-electron chi connectivity index (χ4n) is 0.787. The molecule has 10 heavy (non-hydrogen) atoms. The van der Waals surface area contributed by atoms with Crippen LogP contribution < -0.4 is 5.01 Å². The summed E-state index contributed by atoms with van der Waals surface area (Å²) in [5.41, 5.74) is 0. The molecule has 1 aromatic heterocycles. The van der Waals surface area contributed by atoms with Crippen LogP contribution in [0.25, 0.3) is 0 Å². The Balaban J connectivity index is 2.21. The molecule has 0 spiro atoms. The largest absolute Gasteiger partial charge is 0.273 e. The highest BCUT2D eigenvalue weighted by molar-refractivity contribution is 5.91. The van der Waals surface area contributed by atoms with Gasteiger partial charge in [-0.1, -0.05) is 0 Å². The summed E-state index contributed by atoms with van der Waals surface area (Å²) in [6.07, 6.45) is 2.00. The molecule has 2 rings (SSSR count). The molecule has 2 heterocycles. The monoisotopic (exact) mass is 139 g/mol. The van der Waals surface area contributed by atoms with Gasteiger partial charge >= 0.3 is 0 Å². The molecule has 1 aliphatic rings. The van der Waals surface area contributed by atoms with Crippen LogP contribution in [0.3, 0.4) is 0 Å². The molecule has 0 aliphatic carbocycles. The Hall–Kier alpha value is -1.46. The first-order valence-electron chi connectivity index (χ1n) is 2.91. The van der Waals surface area contributed by atoms with Crippen LogP contribution in [0.5, 0.6) is 0 Å². The quantitative estimate of drug-likeness (QED) is 0.446. The lowest BCUT2D eigenvalue weighted by Gasteiger charge is -2.28. The zero-order valence-electron chi connectivity index (χ0n) is 5.14. The minimum absolute atomic E-state index is 0.0623. The number of amides is 1. The van der Waals surface area contributed by atoms with Crippen LogP contribution in [0.1, 0.15) is 6.42 Å². The molecule has 1 amide bonds. The fraction of sp³-hybridized carbons (Fsp3) is 0.500. The molecule has 1 saturated heterocycles. The van der Waals surface area contributed by atoms with Gasteiger partial charge in [0.05, 0.1) is 6.54 Å². The predicted molar refractivity (Wildman–Crippen MR) is 30.5 cm³/mol. The normalized spacial score (nSPS) is 17.2. The standard InChI is InChI=1S/C4H5N5O/c10-4-1-2-8(4)9-3-5-6-7-9/h3H,1-2H2. The van der Waals surface area contributed by atoms with E-state index in [0.717, 1.165) is 0 Å². The highest BCUT2D eigenvalue weighted by Gasteiger charge is 2.25. The summed E-state index contributed by atoms with van der Waals surface area (Å²) in [6, 6.07) is 0. The summed E-state index contributed by atoms with van der Waals surface area (Å²) in [4.78, 5) is 12.1. The molecular weight excluding hydrogens is 134 g/mol. The minimum Gasteiger partial charge on any atom is -0.273 e. The first kappa shape index (κ1) is 5.33. The highest BCUT2D eigenvalue weighted by atomic mass is 16.2. The molecule has 1 aliphatic heterocycles. The average molecular weight is 139 g/mol. The number of hydrogen-bond acceptors (Lipinski definition) is 4. The lowest BCUT2D eigenvalue weighted by atomic mass is 10.3. The van der Waals surface area contributed by atoms with Crippen molar-refractivity contribution in [2.75, 3.05) is 11.6 Å². The van der Waals surface area contributed by atoms with E-state index in [-0.39, 0.29) is 5.91 Å². The van der Waals surface area contributed by atoms with Crippen LogP contribution in [0, 0.1) is 0 Å². The number of carbonyl (C=O) groups is 1. The summed E-state index contributed by atoms with van der Waals surface area (Å²) in [5.74, 6) is 0.0623. The van der Waals surface area contributed by atoms with Gasteiger partial charge < -0.3 is 0 Å². The van der Waals surface area contributed by atoms with Gasteiger partial charge in [0.2, 0.25) is 5.91 Å². The molecule has 0 atom stereocenters. The van der Waals surface area contributed by atoms with Crippen LogP contribution >= 0.6 is 0 Å². The second-order valence-corrected chi connectivity index (χ2v) is 2.00. The highest BCUT2D eigenvalue weighted by Crippen LogP contribution is 2.03. The molecule has 6 heteroatoms. The average Bonchev–Trinajstić information content (AvgIpc) is 2.37. The van der Waals surface area contributed by atoms with Crippen LogP contribution in [0.15, 0.2) is 6.33 Å². The summed E-state index contributed by atoms with van der Waals surface area (Å²) in [6.45, 7) is 0.712. The summed E-state index contributed by atoms with van der Waals surface area (Å²) >= 11 is 0. The molecule has 0 N–H and O–H groups in total. The van der Waals surface area contributed by atoms with Gasteiger partial charge in [0.15, 0.2) is 6.33 Å². The zero-order valence-corrected chi connectivity index (χ0v) is 5.14. The Bertz CT molecular complexity index is 242. The van der Waals surface area contributed by atoms with Gasteiger partial charge in [0, 0.05) is 6.42 Å². The van der Waals surface area contributed by atoms with E-state index in [1.807, 2.05) is 0 Å². The maximum absolute atomic E-state index is 10.7. The third kappa shape index (κ3) is 0.584.